The van der Waals surface area contributed by atoms with E-state index in [1.54, 1.807) is 24.3 Å². The third-order valence-corrected chi connectivity index (χ3v) is 4.51. The lowest BCUT2D eigenvalue weighted by Gasteiger charge is -2.19. The van der Waals surface area contributed by atoms with Crippen molar-refractivity contribution in [1.82, 2.24) is 0 Å². The monoisotopic (exact) mass is 378 g/mol. The molecule has 1 atom stereocenters. The van der Waals surface area contributed by atoms with E-state index in [0.29, 0.717) is 17.4 Å². The summed E-state index contributed by atoms with van der Waals surface area (Å²) in [6.45, 7) is 3.35. The molecule has 0 saturated carbocycles. The molecule has 0 bridgehead atoms. The van der Waals surface area contributed by atoms with Crippen LogP contribution < -0.4 is 10.4 Å². The van der Waals surface area contributed by atoms with Crippen LogP contribution in [0.1, 0.15) is 50.2 Å². The molecular formula is C23H22O5. The molecule has 3 rings (SSSR count). The van der Waals surface area contributed by atoms with Gasteiger partial charge in [0.25, 0.3) is 0 Å². The topological polar surface area (TPSA) is 73.6 Å². The lowest BCUT2D eigenvalue weighted by atomic mass is 9.87. The fourth-order valence-electron chi connectivity index (χ4n) is 3.27. The van der Waals surface area contributed by atoms with Crippen LogP contribution in [-0.2, 0) is 9.59 Å². The standard InChI is InChI=1S/C23H22O5/c1-3-9-20(25)28-22-17-12-7-8-13-19(17)27-23(26)21(22)18(14-15(2)24)16-10-5-4-6-11-16/h4-8,10-13,18H,3,9,14H2,1-2H3. The highest BCUT2D eigenvalue weighted by Crippen LogP contribution is 2.37. The average molecular weight is 378 g/mol. The molecule has 5 nitrogen and oxygen atoms in total. The maximum absolute atomic E-state index is 12.9. The van der Waals surface area contributed by atoms with Crippen molar-refractivity contribution >= 4 is 22.7 Å². The van der Waals surface area contributed by atoms with Crippen LogP contribution in [0.2, 0.25) is 0 Å². The normalized spacial score (nSPS) is 11.9. The molecule has 28 heavy (non-hydrogen) atoms. The van der Waals surface area contributed by atoms with E-state index in [1.807, 2.05) is 37.3 Å². The second kappa shape index (κ2) is 8.65. The summed E-state index contributed by atoms with van der Waals surface area (Å²) in [6.07, 6.45) is 0.964. The Labute approximate surface area is 162 Å². The molecule has 2 aromatic carbocycles. The minimum atomic E-state index is -0.604. The molecular weight excluding hydrogens is 356 g/mol. The van der Waals surface area contributed by atoms with Crippen LogP contribution in [0.3, 0.4) is 0 Å². The Hall–Kier alpha value is -3.21. The van der Waals surface area contributed by atoms with E-state index in [2.05, 4.69) is 0 Å². The van der Waals surface area contributed by atoms with Gasteiger partial charge in [-0.15, -0.1) is 0 Å². The molecule has 0 radical (unpaired) electrons. The number of ether oxygens (including phenoxy) is 1. The maximum atomic E-state index is 12.9. The fraction of sp³-hybridized carbons (Fsp3) is 0.261. The van der Waals surface area contributed by atoms with Crippen molar-refractivity contribution in [2.24, 2.45) is 0 Å². The number of carbonyl (C=O) groups excluding carboxylic acids is 2. The lowest BCUT2D eigenvalue weighted by molar-refractivity contribution is -0.134. The summed E-state index contributed by atoms with van der Waals surface area (Å²) >= 11 is 0. The van der Waals surface area contributed by atoms with Crippen molar-refractivity contribution in [2.75, 3.05) is 0 Å². The first-order chi connectivity index (χ1) is 13.5. The third-order valence-electron chi connectivity index (χ3n) is 4.51. The molecule has 0 N–H and O–H groups in total. The number of rotatable bonds is 7. The number of hydrogen-bond donors (Lipinski definition) is 0. The Kier molecular flexibility index (Phi) is 6.04. The Morgan fingerprint density at radius 3 is 2.39 bits per heavy atom. The van der Waals surface area contributed by atoms with Gasteiger partial charge in [-0.3, -0.25) is 9.59 Å². The summed E-state index contributed by atoms with van der Waals surface area (Å²) in [6, 6.07) is 16.2. The highest BCUT2D eigenvalue weighted by molar-refractivity contribution is 5.88. The van der Waals surface area contributed by atoms with Crippen LogP contribution in [0.4, 0.5) is 0 Å². The van der Waals surface area contributed by atoms with Crippen molar-refractivity contribution in [1.29, 1.82) is 0 Å². The first kappa shape index (κ1) is 19.5. The molecule has 0 fully saturated rings. The maximum Gasteiger partial charge on any atom is 0.343 e. The smallest absolute Gasteiger partial charge is 0.343 e. The molecule has 1 heterocycles. The van der Waals surface area contributed by atoms with Gasteiger partial charge in [-0.05, 0) is 31.0 Å². The Bertz CT molecular complexity index is 1050. The molecule has 1 aromatic heterocycles. The van der Waals surface area contributed by atoms with Crippen molar-refractivity contribution < 1.29 is 18.7 Å². The number of carbonyl (C=O) groups is 2. The average Bonchev–Trinajstić information content (AvgIpc) is 2.67. The van der Waals surface area contributed by atoms with E-state index in [9.17, 15) is 14.4 Å². The highest BCUT2D eigenvalue weighted by atomic mass is 16.5. The fourth-order valence-corrected chi connectivity index (χ4v) is 3.27. The molecule has 1 unspecified atom stereocenters. The van der Waals surface area contributed by atoms with Gasteiger partial charge in [-0.1, -0.05) is 49.4 Å². The molecule has 0 aliphatic heterocycles. The quantitative estimate of drug-likeness (QED) is 0.443. The molecule has 0 amide bonds. The molecule has 0 spiro atoms. The van der Waals surface area contributed by atoms with E-state index in [1.165, 1.54) is 6.92 Å². The van der Waals surface area contributed by atoms with Crippen molar-refractivity contribution in [3.63, 3.8) is 0 Å². The van der Waals surface area contributed by atoms with Crippen LogP contribution in [0.5, 0.6) is 5.75 Å². The van der Waals surface area contributed by atoms with Gasteiger partial charge >= 0.3 is 11.6 Å². The van der Waals surface area contributed by atoms with E-state index in [4.69, 9.17) is 9.15 Å². The summed E-state index contributed by atoms with van der Waals surface area (Å²) in [5.74, 6) is -0.884. The molecule has 3 aromatic rings. The number of para-hydroxylation sites is 1. The summed E-state index contributed by atoms with van der Waals surface area (Å²) in [7, 11) is 0. The van der Waals surface area contributed by atoms with Crippen LogP contribution in [-0.4, -0.2) is 11.8 Å². The van der Waals surface area contributed by atoms with Crippen LogP contribution >= 0.6 is 0 Å². The van der Waals surface area contributed by atoms with E-state index in [0.717, 1.165) is 5.56 Å². The van der Waals surface area contributed by atoms with Crippen molar-refractivity contribution in [2.45, 2.75) is 39.0 Å². The van der Waals surface area contributed by atoms with Gasteiger partial charge in [0.05, 0.1) is 10.9 Å². The van der Waals surface area contributed by atoms with Gasteiger partial charge in [0.1, 0.15) is 11.4 Å². The minimum Gasteiger partial charge on any atom is -0.425 e. The van der Waals surface area contributed by atoms with Crippen LogP contribution in [0, 0.1) is 0 Å². The van der Waals surface area contributed by atoms with E-state index in [-0.39, 0.29) is 29.9 Å². The summed E-state index contributed by atoms with van der Waals surface area (Å²) < 4.78 is 11.2. The number of benzene rings is 2. The zero-order valence-corrected chi connectivity index (χ0v) is 15.9. The highest BCUT2D eigenvalue weighted by Gasteiger charge is 2.28. The Morgan fingerprint density at radius 2 is 1.71 bits per heavy atom. The second-order valence-electron chi connectivity index (χ2n) is 6.72. The van der Waals surface area contributed by atoms with Gasteiger partial charge in [-0.2, -0.15) is 0 Å². The lowest BCUT2D eigenvalue weighted by Crippen LogP contribution is -2.20. The first-order valence-corrected chi connectivity index (χ1v) is 9.32. The van der Waals surface area contributed by atoms with E-state index >= 15 is 0 Å². The number of ketones is 1. The zero-order valence-electron chi connectivity index (χ0n) is 15.9. The first-order valence-electron chi connectivity index (χ1n) is 9.32. The third kappa shape index (κ3) is 4.19. The van der Waals surface area contributed by atoms with Gasteiger partial charge in [-0.25, -0.2) is 4.79 Å². The Balaban J connectivity index is 2.27. The second-order valence-corrected chi connectivity index (χ2v) is 6.72. The zero-order chi connectivity index (χ0) is 20.1. The van der Waals surface area contributed by atoms with Gasteiger partial charge in [0.2, 0.25) is 0 Å². The van der Waals surface area contributed by atoms with Crippen LogP contribution in [0.15, 0.2) is 63.8 Å². The number of Topliss-reactive ketones (excluding diaryl/α,β-unsaturated/α-hetero) is 1. The molecule has 0 aliphatic carbocycles. The number of esters is 1. The Morgan fingerprint density at radius 1 is 1.04 bits per heavy atom. The summed E-state index contributed by atoms with van der Waals surface area (Å²) in [5, 5.41) is 0.533. The summed E-state index contributed by atoms with van der Waals surface area (Å²) in [5.41, 5.74) is 0.718. The predicted octanol–water partition coefficient (Wildman–Crippen LogP) is 4.61. The molecule has 144 valence electrons. The molecule has 0 aliphatic rings. The molecule has 5 heteroatoms. The predicted molar refractivity (Wildman–Crippen MR) is 107 cm³/mol. The SMILES string of the molecule is CCCC(=O)Oc1c(C(CC(C)=O)c2ccccc2)c(=O)oc2ccccc12. The number of fused-ring (bicyclic) bond motifs is 1. The largest absolute Gasteiger partial charge is 0.425 e. The minimum absolute atomic E-state index is 0.0766. The van der Waals surface area contributed by atoms with Crippen molar-refractivity contribution in [3.05, 3.63) is 76.1 Å². The van der Waals surface area contributed by atoms with E-state index < -0.39 is 17.5 Å². The van der Waals surface area contributed by atoms with Crippen molar-refractivity contribution in [3.8, 4) is 5.75 Å². The molecule has 0 saturated heterocycles. The summed E-state index contributed by atoms with van der Waals surface area (Å²) in [4.78, 5) is 37.2. The van der Waals surface area contributed by atoms with Gasteiger partial charge in [0.15, 0.2) is 5.75 Å². The van der Waals surface area contributed by atoms with Gasteiger partial charge in [0, 0.05) is 18.8 Å². The van der Waals surface area contributed by atoms with Crippen LogP contribution in [0.25, 0.3) is 11.0 Å². The van der Waals surface area contributed by atoms with Gasteiger partial charge < -0.3 is 9.15 Å². The number of hydrogen-bond acceptors (Lipinski definition) is 5.